The molecule has 2 unspecified atom stereocenters. The molecule has 26 heavy (non-hydrogen) atoms. The van der Waals surface area contributed by atoms with E-state index < -0.39 is 17.8 Å². The maximum Gasteiger partial charge on any atom is 0.309 e. The second-order valence-corrected chi connectivity index (χ2v) is 4.93. The summed E-state index contributed by atoms with van der Waals surface area (Å²) in [6, 6.07) is 0. The predicted molar refractivity (Wildman–Crippen MR) is 92.2 cm³/mol. The summed E-state index contributed by atoms with van der Waals surface area (Å²) in [4.78, 5) is 22.3. The first-order valence-electron chi connectivity index (χ1n) is 8.46. The van der Waals surface area contributed by atoms with Crippen LogP contribution in [-0.4, -0.2) is 93.9 Å². The van der Waals surface area contributed by atoms with Gasteiger partial charge in [-0.25, -0.2) is 0 Å². The van der Waals surface area contributed by atoms with E-state index in [9.17, 15) is 9.59 Å². The molecule has 0 spiro atoms. The van der Waals surface area contributed by atoms with Crippen LogP contribution in [-0.2, 0) is 14.3 Å². The minimum atomic E-state index is -0.872. The lowest BCUT2D eigenvalue weighted by atomic mass is 9.79. The molecule has 0 aromatic heterocycles. The molecule has 0 aromatic carbocycles. The van der Waals surface area contributed by atoms with E-state index in [0.717, 1.165) is 12.8 Å². The van der Waals surface area contributed by atoms with Crippen LogP contribution in [0.4, 0.5) is 0 Å². The fourth-order valence-electron chi connectivity index (χ4n) is 1.96. The molecule has 1 rings (SSSR count). The van der Waals surface area contributed by atoms with E-state index in [-0.39, 0.29) is 45.6 Å². The Morgan fingerprint density at radius 3 is 1.38 bits per heavy atom. The molecule has 0 saturated heterocycles. The third-order valence-corrected chi connectivity index (χ3v) is 2.97. The molecule has 0 aromatic rings. The fourth-order valence-corrected chi connectivity index (χ4v) is 1.96. The first-order valence-corrected chi connectivity index (χ1v) is 8.46. The number of ether oxygens (including phenoxy) is 1. The van der Waals surface area contributed by atoms with Crippen LogP contribution in [0.15, 0.2) is 0 Å². The first kappa shape index (κ1) is 29.5. The lowest BCUT2D eigenvalue weighted by Gasteiger charge is -2.26. The van der Waals surface area contributed by atoms with Gasteiger partial charge in [0.25, 0.3) is 0 Å². The van der Waals surface area contributed by atoms with Crippen molar-refractivity contribution in [2.45, 2.75) is 32.6 Å². The zero-order valence-electron chi connectivity index (χ0n) is 15.3. The Morgan fingerprint density at radius 2 is 1.12 bits per heavy atom. The van der Waals surface area contributed by atoms with Crippen LogP contribution in [0.5, 0.6) is 0 Å². The lowest BCUT2D eigenvalue weighted by molar-refractivity contribution is -0.159. The number of carboxylic acids is 1. The van der Waals surface area contributed by atoms with Crippen LogP contribution in [0.25, 0.3) is 0 Å². The smallest absolute Gasteiger partial charge is 0.309 e. The molecular weight excluding hydrogens is 352 g/mol. The molecule has 1 aliphatic carbocycles. The number of hydrogen-bond acceptors (Lipinski definition) is 9. The number of carboxylic acid groups (broad SMARTS) is 1. The normalized spacial score (nSPS) is 18.0. The first-order chi connectivity index (χ1) is 12.4. The fraction of sp³-hybridized carbons (Fsp3) is 0.875. The largest absolute Gasteiger partial charge is 0.481 e. The Morgan fingerprint density at radius 1 is 0.769 bits per heavy atom. The summed E-state index contributed by atoms with van der Waals surface area (Å²) in [5.74, 6) is -2.19. The van der Waals surface area contributed by atoms with Crippen molar-refractivity contribution in [1.82, 2.24) is 0 Å². The number of carbonyl (C=O) groups excluding carboxylic acids is 1. The average Bonchev–Trinajstić information content (AvgIpc) is 2.68. The summed E-state index contributed by atoms with van der Waals surface area (Å²) >= 11 is 0. The Kier molecular flexibility index (Phi) is 26.9. The molecule has 0 radical (unpaired) electrons. The van der Waals surface area contributed by atoms with Crippen molar-refractivity contribution in [3.05, 3.63) is 0 Å². The molecule has 158 valence electrons. The predicted octanol–water partition coefficient (Wildman–Crippen LogP) is -1.65. The van der Waals surface area contributed by atoms with E-state index in [2.05, 4.69) is 0 Å². The number of aliphatic hydroxyl groups excluding tert-OH is 6. The number of aliphatic hydroxyl groups is 6. The summed E-state index contributed by atoms with van der Waals surface area (Å²) in [7, 11) is 0. The quantitative estimate of drug-likeness (QED) is 0.261. The molecule has 10 nitrogen and oxygen atoms in total. The van der Waals surface area contributed by atoms with Gasteiger partial charge in [0, 0.05) is 0 Å². The summed E-state index contributed by atoms with van der Waals surface area (Å²) in [6.07, 6.45) is 3.06. The number of aliphatic carboxylic acids is 1. The number of rotatable bonds is 6. The standard InChI is InChI=1S/C10H16O4.3C2H6O2/c1-2-14-10(13)8-6-4-3-5-7(8)9(11)12;3*3-1-2-4/h7-8H,2-6H2,1H3,(H,11,12);3*3-4H,1-2H2. The van der Waals surface area contributed by atoms with Gasteiger partial charge < -0.3 is 40.5 Å². The number of esters is 1. The zero-order valence-corrected chi connectivity index (χ0v) is 15.3. The molecule has 7 N–H and O–H groups in total. The van der Waals surface area contributed by atoms with E-state index in [0.29, 0.717) is 19.4 Å². The molecule has 0 amide bonds. The average molecular weight is 386 g/mol. The van der Waals surface area contributed by atoms with Gasteiger partial charge in [0.1, 0.15) is 0 Å². The summed E-state index contributed by atoms with van der Waals surface area (Å²) < 4.78 is 4.86. The molecular formula is C16H34O10. The highest BCUT2D eigenvalue weighted by Gasteiger charge is 2.36. The van der Waals surface area contributed by atoms with Gasteiger partial charge in [-0.05, 0) is 19.8 Å². The number of hydrogen-bond donors (Lipinski definition) is 7. The van der Waals surface area contributed by atoms with Gasteiger partial charge in [0.15, 0.2) is 0 Å². The van der Waals surface area contributed by atoms with E-state index in [4.69, 9.17) is 40.5 Å². The van der Waals surface area contributed by atoms with Gasteiger partial charge >= 0.3 is 11.9 Å². The zero-order chi connectivity index (χ0) is 20.8. The van der Waals surface area contributed by atoms with E-state index in [1.165, 1.54) is 0 Å². The van der Waals surface area contributed by atoms with Crippen molar-refractivity contribution in [3.8, 4) is 0 Å². The van der Waals surface area contributed by atoms with Crippen LogP contribution < -0.4 is 0 Å². The highest BCUT2D eigenvalue weighted by atomic mass is 16.5. The van der Waals surface area contributed by atoms with Gasteiger partial charge in [-0.2, -0.15) is 0 Å². The van der Waals surface area contributed by atoms with Crippen LogP contribution in [0.3, 0.4) is 0 Å². The van der Waals surface area contributed by atoms with E-state index >= 15 is 0 Å². The topological polar surface area (TPSA) is 185 Å². The van der Waals surface area contributed by atoms with Crippen molar-refractivity contribution < 1.29 is 50.1 Å². The van der Waals surface area contributed by atoms with Gasteiger partial charge in [-0.15, -0.1) is 0 Å². The SMILES string of the molecule is CCOC(=O)C1CCCCC1C(=O)O.OCCO.OCCO.OCCO. The molecule has 2 atom stereocenters. The summed E-state index contributed by atoms with van der Waals surface area (Å²) in [6.45, 7) is 1.30. The molecule has 0 heterocycles. The Bertz CT molecular complexity index is 296. The summed E-state index contributed by atoms with van der Waals surface area (Å²) in [5.41, 5.74) is 0. The highest BCUT2D eigenvalue weighted by molar-refractivity contribution is 5.81. The van der Waals surface area contributed by atoms with E-state index in [1.807, 2.05) is 0 Å². The van der Waals surface area contributed by atoms with Crippen molar-refractivity contribution in [2.24, 2.45) is 11.8 Å². The molecule has 1 aliphatic rings. The maximum absolute atomic E-state index is 11.4. The number of carbonyl (C=O) groups is 2. The molecule has 10 heteroatoms. The van der Waals surface area contributed by atoms with Crippen molar-refractivity contribution in [3.63, 3.8) is 0 Å². The van der Waals surface area contributed by atoms with Crippen LogP contribution in [0.2, 0.25) is 0 Å². The minimum Gasteiger partial charge on any atom is -0.481 e. The highest BCUT2D eigenvalue weighted by Crippen LogP contribution is 2.31. The second-order valence-electron chi connectivity index (χ2n) is 4.93. The lowest BCUT2D eigenvalue weighted by Crippen LogP contribution is -2.33. The maximum atomic E-state index is 11.4. The van der Waals surface area contributed by atoms with Gasteiger partial charge in [-0.1, -0.05) is 12.8 Å². The van der Waals surface area contributed by atoms with Crippen molar-refractivity contribution >= 4 is 11.9 Å². The van der Waals surface area contributed by atoms with Gasteiger partial charge in [-0.3, -0.25) is 9.59 Å². The third-order valence-electron chi connectivity index (χ3n) is 2.97. The monoisotopic (exact) mass is 386 g/mol. The van der Waals surface area contributed by atoms with Gasteiger partial charge in [0.2, 0.25) is 0 Å². The van der Waals surface area contributed by atoms with Gasteiger partial charge in [0.05, 0.1) is 58.1 Å². The molecule has 1 fully saturated rings. The van der Waals surface area contributed by atoms with Crippen molar-refractivity contribution in [2.75, 3.05) is 46.2 Å². The molecule has 1 saturated carbocycles. The second kappa shape index (κ2) is 23.7. The third kappa shape index (κ3) is 19.0. The molecule has 0 bridgehead atoms. The summed E-state index contributed by atoms with van der Waals surface area (Å²) in [5, 5.41) is 54.7. The van der Waals surface area contributed by atoms with Crippen LogP contribution in [0, 0.1) is 11.8 Å². The van der Waals surface area contributed by atoms with Crippen LogP contribution >= 0.6 is 0 Å². The Balaban J connectivity index is -0.000000362. The Hall–Kier alpha value is -1.30. The minimum absolute atomic E-state index is 0.125. The van der Waals surface area contributed by atoms with Crippen LogP contribution in [0.1, 0.15) is 32.6 Å². The van der Waals surface area contributed by atoms with Crippen molar-refractivity contribution in [1.29, 1.82) is 0 Å². The Labute approximate surface area is 153 Å². The van der Waals surface area contributed by atoms with E-state index in [1.54, 1.807) is 6.92 Å². The molecule has 0 aliphatic heterocycles.